The summed E-state index contributed by atoms with van der Waals surface area (Å²) in [5.41, 5.74) is 3.48. The summed E-state index contributed by atoms with van der Waals surface area (Å²) in [4.78, 5) is 4.08. The highest BCUT2D eigenvalue weighted by atomic mass is 16.5. The van der Waals surface area contributed by atoms with Crippen LogP contribution in [0.2, 0.25) is 0 Å². The van der Waals surface area contributed by atoms with Gasteiger partial charge in [-0.05, 0) is 19.6 Å². The molecular weight excluding hydrogens is 240 g/mol. The van der Waals surface area contributed by atoms with Crippen LogP contribution in [0.5, 0.6) is 0 Å². The average Bonchev–Trinajstić information content (AvgIpc) is 3.18. The highest BCUT2D eigenvalue weighted by Gasteiger charge is 2.26. The highest BCUT2D eigenvalue weighted by molar-refractivity contribution is 5.73. The Bertz CT molecular complexity index is 535. The van der Waals surface area contributed by atoms with Crippen LogP contribution >= 0.6 is 0 Å². The van der Waals surface area contributed by atoms with Crippen molar-refractivity contribution < 1.29 is 9.84 Å². The van der Waals surface area contributed by atoms with Crippen molar-refractivity contribution in [3.8, 4) is 0 Å². The van der Waals surface area contributed by atoms with Crippen LogP contribution in [0.3, 0.4) is 0 Å². The second-order valence-corrected chi connectivity index (χ2v) is 5.10. The standard InChI is InChI=1S/C15H18N2O2/c1-9-11-5-6-12(14(18)7-17-10-3-4-10)15(16-2)13(11)8-19-9/h5-6,10,14,17-18H,1-4,7-8H2/t14-/m0/s1. The van der Waals surface area contributed by atoms with E-state index in [0.717, 1.165) is 22.4 Å². The Morgan fingerprint density at radius 2 is 2.26 bits per heavy atom. The van der Waals surface area contributed by atoms with Crippen molar-refractivity contribution in [2.75, 3.05) is 6.54 Å². The van der Waals surface area contributed by atoms with Crippen molar-refractivity contribution in [1.29, 1.82) is 0 Å². The van der Waals surface area contributed by atoms with Gasteiger partial charge in [-0.25, -0.2) is 0 Å². The molecule has 1 fully saturated rings. The van der Waals surface area contributed by atoms with Crippen LogP contribution in [-0.4, -0.2) is 24.4 Å². The quantitative estimate of drug-likeness (QED) is 0.797. The fourth-order valence-electron chi connectivity index (χ4n) is 2.43. The maximum absolute atomic E-state index is 10.3. The maximum Gasteiger partial charge on any atom is 0.120 e. The summed E-state index contributed by atoms with van der Waals surface area (Å²) in [7, 11) is 0. The smallest absolute Gasteiger partial charge is 0.120 e. The van der Waals surface area contributed by atoms with E-state index in [1.54, 1.807) is 0 Å². The molecule has 1 aromatic rings. The molecule has 100 valence electrons. The van der Waals surface area contributed by atoms with E-state index in [9.17, 15) is 5.11 Å². The van der Waals surface area contributed by atoms with E-state index in [-0.39, 0.29) is 0 Å². The molecule has 2 N–H and O–H groups in total. The summed E-state index contributed by atoms with van der Waals surface area (Å²) in [6, 6.07) is 4.41. The van der Waals surface area contributed by atoms with Gasteiger partial charge in [-0.1, -0.05) is 18.7 Å². The molecule has 1 aromatic carbocycles. The van der Waals surface area contributed by atoms with Crippen LogP contribution in [0, 0.1) is 0 Å². The second-order valence-electron chi connectivity index (χ2n) is 5.10. The van der Waals surface area contributed by atoms with Gasteiger partial charge < -0.3 is 15.2 Å². The molecule has 1 aliphatic heterocycles. The van der Waals surface area contributed by atoms with Gasteiger partial charge in [0.25, 0.3) is 0 Å². The molecule has 4 nitrogen and oxygen atoms in total. The SMILES string of the molecule is C=Nc1c([C@@H](O)CNC2CC2)ccc2c1COC2=C. The van der Waals surface area contributed by atoms with Gasteiger partial charge >= 0.3 is 0 Å². The summed E-state index contributed by atoms with van der Waals surface area (Å²) in [5.74, 6) is 0.664. The lowest BCUT2D eigenvalue weighted by atomic mass is 9.98. The predicted octanol–water partition coefficient (Wildman–Crippen LogP) is 2.30. The molecule has 0 amide bonds. The molecule has 1 atom stereocenters. The minimum atomic E-state index is -0.569. The van der Waals surface area contributed by atoms with E-state index in [0.29, 0.717) is 25.0 Å². The molecule has 1 saturated carbocycles. The Balaban J connectivity index is 1.88. The lowest BCUT2D eigenvalue weighted by Gasteiger charge is -2.16. The van der Waals surface area contributed by atoms with Gasteiger partial charge in [0.05, 0.1) is 11.8 Å². The number of nitrogens with zero attached hydrogens (tertiary/aromatic N) is 1. The number of aliphatic hydroxyl groups is 1. The first-order valence-electron chi connectivity index (χ1n) is 6.56. The number of fused-ring (bicyclic) bond motifs is 1. The van der Waals surface area contributed by atoms with E-state index in [4.69, 9.17) is 4.74 Å². The summed E-state index contributed by atoms with van der Waals surface area (Å²) in [6.07, 6.45) is 1.84. The van der Waals surface area contributed by atoms with E-state index in [1.807, 2.05) is 12.1 Å². The van der Waals surface area contributed by atoms with Crippen LogP contribution in [0.25, 0.3) is 5.76 Å². The van der Waals surface area contributed by atoms with Crippen LogP contribution < -0.4 is 5.32 Å². The Morgan fingerprint density at radius 1 is 1.47 bits per heavy atom. The Hall–Kier alpha value is -1.65. The zero-order chi connectivity index (χ0) is 13.4. The minimum absolute atomic E-state index is 0.457. The molecule has 0 aromatic heterocycles. The third kappa shape index (κ3) is 2.29. The molecule has 0 bridgehead atoms. The number of ether oxygens (including phenoxy) is 1. The van der Waals surface area contributed by atoms with E-state index in [1.165, 1.54) is 12.8 Å². The fraction of sp³-hybridized carbons (Fsp3) is 0.400. The number of hydrogen-bond donors (Lipinski definition) is 2. The monoisotopic (exact) mass is 258 g/mol. The predicted molar refractivity (Wildman–Crippen MR) is 75.5 cm³/mol. The summed E-state index contributed by atoms with van der Waals surface area (Å²) in [5, 5.41) is 13.6. The molecular formula is C15H18N2O2. The topological polar surface area (TPSA) is 53.9 Å². The number of benzene rings is 1. The van der Waals surface area contributed by atoms with E-state index >= 15 is 0 Å². The lowest BCUT2D eigenvalue weighted by Crippen LogP contribution is -2.23. The van der Waals surface area contributed by atoms with Gasteiger partial charge in [0.2, 0.25) is 0 Å². The van der Waals surface area contributed by atoms with Crippen molar-refractivity contribution in [3.05, 3.63) is 35.4 Å². The second kappa shape index (κ2) is 4.79. The number of nitrogens with one attached hydrogen (secondary N) is 1. The van der Waals surface area contributed by atoms with Gasteiger partial charge in [0, 0.05) is 29.3 Å². The first-order chi connectivity index (χ1) is 9.20. The van der Waals surface area contributed by atoms with Crippen molar-refractivity contribution in [2.24, 2.45) is 4.99 Å². The third-order valence-corrected chi connectivity index (χ3v) is 3.70. The highest BCUT2D eigenvalue weighted by Crippen LogP contribution is 2.39. The van der Waals surface area contributed by atoms with Crippen LogP contribution in [0.1, 0.15) is 35.6 Å². The fourth-order valence-corrected chi connectivity index (χ4v) is 2.43. The normalized spacial score (nSPS) is 18.9. The molecule has 19 heavy (non-hydrogen) atoms. The zero-order valence-electron chi connectivity index (χ0n) is 10.9. The van der Waals surface area contributed by atoms with E-state index < -0.39 is 6.10 Å². The Morgan fingerprint density at radius 3 is 2.95 bits per heavy atom. The number of aliphatic imine (C=N–C) groups is 1. The first kappa shape index (κ1) is 12.4. The zero-order valence-corrected chi connectivity index (χ0v) is 10.9. The van der Waals surface area contributed by atoms with Crippen molar-refractivity contribution in [1.82, 2.24) is 5.32 Å². The van der Waals surface area contributed by atoms with Gasteiger partial charge in [-0.2, -0.15) is 0 Å². The van der Waals surface area contributed by atoms with Crippen LogP contribution in [-0.2, 0) is 11.3 Å². The van der Waals surface area contributed by atoms with Crippen LogP contribution in [0.4, 0.5) is 5.69 Å². The molecule has 1 aliphatic carbocycles. The number of rotatable bonds is 5. The molecule has 0 spiro atoms. The number of aliphatic hydroxyl groups excluding tert-OH is 1. The summed E-state index contributed by atoms with van der Waals surface area (Å²) < 4.78 is 5.43. The van der Waals surface area contributed by atoms with E-state index in [2.05, 4.69) is 23.6 Å². The third-order valence-electron chi connectivity index (χ3n) is 3.70. The molecule has 2 aliphatic rings. The van der Waals surface area contributed by atoms with Crippen molar-refractivity contribution >= 4 is 18.2 Å². The molecule has 4 heteroatoms. The first-order valence-corrected chi connectivity index (χ1v) is 6.56. The van der Waals surface area contributed by atoms with Gasteiger partial charge in [0.15, 0.2) is 0 Å². The molecule has 1 heterocycles. The minimum Gasteiger partial charge on any atom is -0.489 e. The molecule has 3 rings (SSSR count). The Kier molecular flexibility index (Phi) is 3.12. The summed E-state index contributed by atoms with van der Waals surface area (Å²) >= 11 is 0. The largest absolute Gasteiger partial charge is 0.489 e. The molecule has 0 saturated heterocycles. The van der Waals surface area contributed by atoms with Gasteiger partial charge in [0.1, 0.15) is 12.4 Å². The summed E-state index contributed by atoms with van der Waals surface area (Å²) in [6.45, 7) is 8.48. The van der Waals surface area contributed by atoms with Gasteiger partial charge in [-0.3, -0.25) is 4.99 Å². The van der Waals surface area contributed by atoms with Crippen LogP contribution in [0.15, 0.2) is 23.7 Å². The van der Waals surface area contributed by atoms with Crippen molar-refractivity contribution in [3.63, 3.8) is 0 Å². The molecule has 0 radical (unpaired) electrons. The van der Waals surface area contributed by atoms with Gasteiger partial charge in [-0.15, -0.1) is 0 Å². The lowest BCUT2D eigenvalue weighted by molar-refractivity contribution is 0.174. The Labute approximate surface area is 112 Å². The van der Waals surface area contributed by atoms with Crippen molar-refractivity contribution in [2.45, 2.75) is 31.6 Å². The number of hydrogen-bond acceptors (Lipinski definition) is 4. The molecule has 0 unspecified atom stereocenters. The average molecular weight is 258 g/mol. The maximum atomic E-state index is 10.3.